The van der Waals surface area contributed by atoms with Crippen molar-refractivity contribution < 1.29 is 27.6 Å². The van der Waals surface area contributed by atoms with Gasteiger partial charge >= 0.3 is 0 Å². The number of hydrogen-bond donors (Lipinski definition) is 0. The third kappa shape index (κ3) is 4.75. The zero-order chi connectivity index (χ0) is 28.9. The predicted molar refractivity (Wildman–Crippen MR) is 154 cm³/mol. The molecule has 208 valence electrons. The van der Waals surface area contributed by atoms with Gasteiger partial charge in [0, 0.05) is 36.1 Å². The minimum atomic E-state index is -0.361. The fourth-order valence-electron chi connectivity index (χ4n) is 5.59. The Kier molecular flexibility index (Phi) is 6.60. The first kappa shape index (κ1) is 26.7. The van der Waals surface area contributed by atoms with E-state index < -0.39 is 0 Å². The maximum absolute atomic E-state index is 13.7. The van der Waals surface area contributed by atoms with Crippen LogP contribution in [0.4, 0.5) is 4.39 Å². The smallest absolute Gasteiger partial charge is 0.191 e. The van der Waals surface area contributed by atoms with Crippen LogP contribution in [0.1, 0.15) is 70.5 Å². The van der Waals surface area contributed by atoms with E-state index in [1.54, 1.807) is 39.4 Å². The third-order valence-electron chi connectivity index (χ3n) is 8.07. The van der Waals surface area contributed by atoms with Crippen molar-refractivity contribution in [3.05, 3.63) is 95.0 Å². The summed E-state index contributed by atoms with van der Waals surface area (Å²) < 4.78 is 30.8. The molecule has 1 fully saturated rings. The number of rotatable bonds is 9. The van der Waals surface area contributed by atoms with E-state index in [1.807, 2.05) is 37.3 Å². The minimum Gasteiger partial charge on any atom is -0.496 e. The van der Waals surface area contributed by atoms with Crippen molar-refractivity contribution in [2.24, 2.45) is 0 Å². The number of ether oxygens (including phenoxy) is 1. The summed E-state index contributed by atoms with van der Waals surface area (Å²) in [5.41, 5.74) is 5.32. The van der Waals surface area contributed by atoms with Gasteiger partial charge in [0.15, 0.2) is 17.5 Å². The molecule has 0 spiro atoms. The standard InChI is InChI=1S/C34H30FNO5/c1-5-27(37)32-26-15-22(8-11-29(26)41-33(32)21-6-9-23(35)10-7-21)24-16-25(30(39-4)14-19(24)2)28(38)17-34(12-13-34)31-18-40-20(3)36-31/h6-11,14-16,18H,5,12-13,17H2,1-4H3. The topological polar surface area (TPSA) is 82.5 Å². The van der Waals surface area contributed by atoms with Gasteiger partial charge in [-0.15, -0.1) is 0 Å². The van der Waals surface area contributed by atoms with Crippen molar-refractivity contribution in [2.75, 3.05) is 7.11 Å². The second-order valence-corrected chi connectivity index (χ2v) is 10.8. The van der Waals surface area contributed by atoms with E-state index in [9.17, 15) is 14.0 Å². The van der Waals surface area contributed by atoms with Gasteiger partial charge in [-0.3, -0.25) is 9.59 Å². The lowest BCUT2D eigenvalue weighted by Crippen LogP contribution is -2.15. The predicted octanol–water partition coefficient (Wildman–Crippen LogP) is 8.42. The normalized spacial score (nSPS) is 13.9. The number of carbonyl (C=O) groups is 2. The maximum atomic E-state index is 13.7. The van der Waals surface area contributed by atoms with Crippen molar-refractivity contribution >= 4 is 22.5 Å². The lowest BCUT2D eigenvalue weighted by molar-refractivity contribution is 0.0963. The molecule has 0 atom stereocenters. The van der Waals surface area contributed by atoms with Gasteiger partial charge in [0.1, 0.15) is 29.2 Å². The first-order valence-electron chi connectivity index (χ1n) is 13.7. The lowest BCUT2D eigenvalue weighted by Gasteiger charge is -2.16. The molecule has 1 aliphatic rings. The summed E-state index contributed by atoms with van der Waals surface area (Å²) in [6.45, 7) is 5.57. The SMILES string of the molecule is CCC(=O)c1c(-c2ccc(F)cc2)oc2ccc(-c3cc(C(=O)CC4(c5coc(C)n5)CC4)c(OC)cc3C)cc12. The Hall–Kier alpha value is -4.52. The second-order valence-electron chi connectivity index (χ2n) is 10.8. The minimum absolute atomic E-state index is 0.0221. The number of benzene rings is 3. The molecule has 0 aliphatic heterocycles. The Morgan fingerprint density at radius 1 is 1.00 bits per heavy atom. The van der Waals surface area contributed by atoms with Gasteiger partial charge in [-0.1, -0.05) is 13.0 Å². The summed E-state index contributed by atoms with van der Waals surface area (Å²) in [4.78, 5) is 31.3. The van der Waals surface area contributed by atoms with Gasteiger partial charge in [0.05, 0.1) is 23.9 Å². The van der Waals surface area contributed by atoms with Crippen LogP contribution in [0.5, 0.6) is 5.75 Å². The van der Waals surface area contributed by atoms with Crippen LogP contribution in [0.3, 0.4) is 0 Å². The van der Waals surface area contributed by atoms with Crippen LogP contribution >= 0.6 is 0 Å². The van der Waals surface area contributed by atoms with Gasteiger partial charge in [0.2, 0.25) is 0 Å². The Morgan fingerprint density at radius 2 is 1.73 bits per heavy atom. The van der Waals surface area contributed by atoms with Crippen LogP contribution in [0.25, 0.3) is 33.4 Å². The van der Waals surface area contributed by atoms with Gasteiger partial charge in [0.25, 0.3) is 0 Å². The van der Waals surface area contributed by atoms with E-state index in [2.05, 4.69) is 4.98 Å². The molecule has 7 heteroatoms. The van der Waals surface area contributed by atoms with Gasteiger partial charge < -0.3 is 13.6 Å². The molecule has 0 saturated heterocycles. The molecular formula is C34H30FNO5. The number of furan rings is 1. The van der Waals surface area contributed by atoms with Crippen LogP contribution in [0.15, 0.2) is 69.7 Å². The third-order valence-corrected chi connectivity index (χ3v) is 8.07. The van der Waals surface area contributed by atoms with E-state index in [-0.39, 0.29) is 22.8 Å². The fourth-order valence-corrected chi connectivity index (χ4v) is 5.59. The highest BCUT2D eigenvalue weighted by molar-refractivity contribution is 6.13. The summed E-state index contributed by atoms with van der Waals surface area (Å²) >= 11 is 0. The molecular weight excluding hydrogens is 521 g/mol. The van der Waals surface area contributed by atoms with Crippen molar-refractivity contribution in [1.29, 1.82) is 0 Å². The highest BCUT2D eigenvalue weighted by Gasteiger charge is 2.48. The highest BCUT2D eigenvalue weighted by atomic mass is 19.1. The van der Waals surface area contributed by atoms with E-state index in [1.165, 1.54) is 12.1 Å². The van der Waals surface area contributed by atoms with E-state index >= 15 is 0 Å². The molecule has 0 amide bonds. The van der Waals surface area contributed by atoms with Crippen molar-refractivity contribution in [3.63, 3.8) is 0 Å². The molecule has 41 heavy (non-hydrogen) atoms. The molecule has 1 aliphatic carbocycles. The molecule has 3 aromatic carbocycles. The Balaban J connectivity index is 1.43. The molecule has 6 rings (SSSR count). The Labute approximate surface area is 237 Å². The zero-order valence-electron chi connectivity index (χ0n) is 23.5. The maximum Gasteiger partial charge on any atom is 0.191 e. The van der Waals surface area contributed by atoms with Crippen LogP contribution in [-0.4, -0.2) is 23.7 Å². The van der Waals surface area contributed by atoms with Crippen LogP contribution < -0.4 is 4.74 Å². The van der Waals surface area contributed by atoms with Gasteiger partial charge in [-0.2, -0.15) is 0 Å². The molecule has 2 heterocycles. The lowest BCUT2D eigenvalue weighted by atomic mass is 9.89. The number of carbonyl (C=O) groups excluding carboxylic acids is 2. The molecule has 6 nitrogen and oxygen atoms in total. The largest absolute Gasteiger partial charge is 0.496 e. The summed E-state index contributed by atoms with van der Waals surface area (Å²) in [6, 6.07) is 15.4. The molecule has 0 radical (unpaired) electrons. The van der Waals surface area contributed by atoms with Crippen molar-refractivity contribution in [3.8, 4) is 28.2 Å². The molecule has 0 N–H and O–H groups in total. The van der Waals surface area contributed by atoms with Crippen LogP contribution in [-0.2, 0) is 5.41 Å². The van der Waals surface area contributed by atoms with E-state index in [0.29, 0.717) is 57.9 Å². The Morgan fingerprint density at radius 3 is 2.37 bits per heavy atom. The molecule has 1 saturated carbocycles. The number of methoxy groups -OCH3 is 1. The number of hydrogen-bond acceptors (Lipinski definition) is 6. The van der Waals surface area contributed by atoms with Crippen molar-refractivity contribution in [2.45, 2.75) is 51.9 Å². The number of aromatic nitrogens is 1. The summed E-state index contributed by atoms with van der Waals surface area (Å²) in [6.07, 6.45) is 4.03. The summed E-state index contributed by atoms with van der Waals surface area (Å²) in [5, 5.41) is 0.676. The molecule has 0 bridgehead atoms. The zero-order valence-corrected chi connectivity index (χ0v) is 23.5. The second kappa shape index (κ2) is 10.1. The Bertz CT molecular complexity index is 1810. The summed E-state index contributed by atoms with van der Waals surface area (Å²) in [7, 11) is 1.57. The average Bonchev–Trinajstić information content (AvgIpc) is 3.44. The summed E-state index contributed by atoms with van der Waals surface area (Å²) in [5.74, 6) is 1.08. The monoisotopic (exact) mass is 551 g/mol. The number of aryl methyl sites for hydroxylation is 2. The number of fused-ring (bicyclic) bond motifs is 1. The fraction of sp³-hybridized carbons (Fsp3) is 0.265. The van der Waals surface area contributed by atoms with Gasteiger partial charge in [-0.25, -0.2) is 9.37 Å². The van der Waals surface area contributed by atoms with Crippen molar-refractivity contribution in [1.82, 2.24) is 4.98 Å². The molecule has 0 unspecified atom stereocenters. The first-order valence-corrected chi connectivity index (χ1v) is 13.7. The highest BCUT2D eigenvalue weighted by Crippen LogP contribution is 2.51. The molecule has 5 aromatic rings. The van der Waals surface area contributed by atoms with Crippen LogP contribution in [0, 0.1) is 19.7 Å². The van der Waals surface area contributed by atoms with E-state index in [0.717, 1.165) is 35.2 Å². The van der Waals surface area contributed by atoms with E-state index in [4.69, 9.17) is 13.6 Å². The number of nitrogens with zero attached hydrogens (tertiary/aromatic N) is 1. The van der Waals surface area contributed by atoms with Crippen LogP contribution in [0.2, 0.25) is 0 Å². The number of oxazole rings is 1. The molecule has 2 aromatic heterocycles. The quantitative estimate of drug-likeness (QED) is 0.171. The number of ketones is 2. The number of halogens is 1. The first-order chi connectivity index (χ1) is 19.7. The average molecular weight is 552 g/mol. The number of Topliss-reactive ketones (excluding diaryl/α,β-unsaturated/α-hetero) is 2. The van der Waals surface area contributed by atoms with Gasteiger partial charge in [-0.05, 0) is 85.0 Å².